The summed E-state index contributed by atoms with van der Waals surface area (Å²) in [6, 6.07) is 1.01. The van der Waals surface area contributed by atoms with Gasteiger partial charge in [0.25, 0.3) is 6.43 Å². The highest BCUT2D eigenvalue weighted by atomic mass is 19.4. The largest absolute Gasteiger partial charge is 0.421 e. The van der Waals surface area contributed by atoms with Gasteiger partial charge in [-0.3, -0.25) is 23.4 Å². The van der Waals surface area contributed by atoms with E-state index in [4.69, 9.17) is 0 Å². The van der Waals surface area contributed by atoms with Crippen LogP contribution >= 0.6 is 0 Å². The number of aromatic nitrogens is 27. The van der Waals surface area contributed by atoms with E-state index in [1.165, 1.54) is 19.6 Å². The van der Waals surface area contributed by atoms with Crippen molar-refractivity contribution >= 4 is 58.2 Å². The predicted octanol–water partition coefficient (Wildman–Crippen LogP) is 12.8. The summed E-state index contributed by atoms with van der Waals surface area (Å²) in [5.41, 5.74) is 1.47. The van der Waals surface area contributed by atoms with Crippen LogP contribution in [-0.4, -0.2) is 166 Å². The van der Waals surface area contributed by atoms with Gasteiger partial charge >= 0.3 is 24.7 Å². The van der Waals surface area contributed by atoms with Crippen molar-refractivity contribution in [1.82, 2.24) is 133 Å². The summed E-state index contributed by atoms with van der Waals surface area (Å²) in [6.45, 7) is 11.3. The summed E-state index contributed by atoms with van der Waals surface area (Å²) >= 11 is 0. The van der Waals surface area contributed by atoms with Crippen molar-refractivity contribution < 1.29 is 61.5 Å². The maximum Gasteiger partial charge on any atom is 0.421 e. The van der Waals surface area contributed by atoms with E-state index < -0.39 is 65.7 Å². The molecular weight excluding hydrogens is 1570 g/mol. The van der Waals surface area contributed by atoms with Crippen LogP contribution in [0.25, 0.3) is 0 Å². The third-order valence-corrected chi connectivity index (χ3v) is 20.1. The van der Waals surface area contributed by atoms with Gasteiger partial charge in [0, 0.05) is 108 Å². The Morgan fingerprint density at radius 2 is 1.05 bits per heavy atom. The van der Waals surface area contributed by atoms with Gasteiger partial charge in [-0.05, 0) is 86.5 Å². The first-order valence-corrected chi connectivity index (χ1v) is 36.7. The molecule has 34 nitrogen and oxygen atoms in total. The average Bonchev–Trinajstić information content (AvgIpc) is 1.63. The van der Waals surface area contributed by atoms with Crippen molar-refractivity contribution in [3.05, 3.63) is 161 Å². The number of hydrogen-bond donors (Lipinski definition) is 7. The monoisotopic (exact) mass is 1650 g/mol. The zero-order chi connectivity index (χ0) is 83.5. The number of hydrogen-bond acceptors (Lipinski definition) is 26. The van der Waals surface area contributed by atoms with Crippen LogP contribution in [-0.2, 0) is 56.7 Å². The Hall–Kier alpha value is -12.6. The molecule has 12 aromatic rings. The highest BCUT2D eigenvalue weighted by Gasteiger charge is 2.46. The first-order valence-electron chi connectivity index (χ1n) is 36.7. The number of fused-ring (bicyclic) bond motifs is 1. The Morgan fingerprint density at radius 1 is 0.521 bits per heavy atom. The summed E-state index contributed by atoms with van der Waals surface area (Å²) in [5, 5.41) is 56.8. The van der Waals surface area contributed by atoms with Crippen molar-refractivity contribution in [2.75, 3.05) is 63.9 Å². The fraction of sp³-hybridized carbons (Fsp3) is 0.464. The molecule has 48 heteroatoms. The molecule has 3 saturated carbocycles. The minimum absolute atomic E-state index is 0.0475. The Morgan fingerprint density at radius 3 is 1.55 bits per heavy atom. The molecule has 0 saturated heterocycles. The van der Waals surface area contributed by atoms with E-state index in [1.807, 2.05) is 81.3 Å². The Labute approximate surface area is 655 Å². The molecule has 12 aromatic heterocycles. The van der Waals surface area contributed by atoms with Crippen molar-refractivity contribution in [2.24, 2.45) is 7.05 Å². The molecule has 4 aliphatic rings. The van der Waals surface area contributed by atoms with Crippen LogP contribution in [0.4, 0.5) is 120 Å². The SMILES string of the molecule is CCNc1nc(Cc2cn(C3Cc4nccn4C3)nc2C)ncc1C(F)(F)F.CCNc1nc(Nc2cnn(C3CC(n4ccnn4)C3)c2C)ncc1C(F)(F)F.CNc1nc(Nc2cn(C3(c4ncnn4C)CCC3)nc2C)ncc1C(F)(F)F.Cc1c(Nc2ncc(C(F)(F)F)c(NCC(F)F)n2)cnn1C1CC(n2nccn2)C1. The fourth-order valence-electron chi connectivity index (χ4n) is 13.7. The normalized spacial score (nSPS) is 17.5. The van der Waals surface area contributed by atoms with Crippen LogP contribution in [0, 0.1) is 27.7 Å². The van der Waals surface area contributed by atoms with E-state index in [0.717, 1.165) is 111 Å². The number of anilines is 10. The molecule has 13 heterocycles. The standard InChI is InChI=1S/C18H20F3N7.C17H18F5N9.2C17H20F3N9/c1-3-22-17-14(18(19,20)21)8-24-15(25-17)6-12-9-28(26-11(12)2)13-7-16-23-4-5-27(16)10-13;1-9-13(7-27-30(9)10-4-11(5-10)31-25-2-3-26-31)28-16-24-6-12(17(20,21)22)15(29-16)23-8-14(18)19;1-10-12(25-15-22-7-11(17(18,19)20)13(21-2)26-15)8-29(27-10)16(5-4-6-16)14-23-9-24-28(14)3;1-3-21-15-13(17(18,19)20)8-22-16(26-15)25-14-9-24-29(10(14)2)12-6-11(7-12)28-5-4-23-27-28/h4-5,8-9,13H,3,6-7,10H2,1-2H3,(H,22,24,25);2-3,6-7,10-11,14H,4-5,8H2,1H3,(H2,23,24,28,29);7-9H,4-6H2,1-3H3,(H2,21,22,25,26);4-5,8-9,11-12H,3,6-7H2,1-2H3,(H2,21,22,25,26). The minimum Gasteiger partial charge on any atom is -0.372 e. The van der Waals surface area contributed by atoms with E-state index >= 15 is 0 Å². The highest BCUT2D eigenvalue weighted by molar-refractivity contribution is 5.61. The second kappa shape index (κ2) is 33.7. The number of imidazole rings is 1. The summed E-state index contributed by atoms with van der Waals surface area (Å²) in [6.07, 6.45) is 7.86. The van der Waals surface area contributed by atoms with Gasteiger partial charge in [0.15, 0.2) is 5.82 Å². The van der Waals surface area contributed by atoms with E-state index in [1.54, 1.807) is 61.2 Å². The maximum atomic E-state index is 13.1. The number of aryl methyl sites for hydroxylation is 3. The van der Waals surface area contributed by atoms with Crippen LogP contribution in [0.5, 0.6) is 0 Å². The second-order valence-corrected chi connectivity index (χ2v) is 27.7. The topological polar surface area (TPSA) is 369 Å². The smallest absolute Gasteiger partial charge is 0.372 e. The van der Waals surface area contributed by atoms with Crippen LogP contribution in [0.15, 0.2) is 93.1 Å². The van der Waals surface area contributed by atoms with E-state index in [2.05, 4.69) is 132 Å². The molecular formula is C69H78F14N34. The third-order valence-electron chi connectivity index (χ3n) is 20.1. The zero-order valence-electron chi connectivity index (χ0n) is 63.7. The van der Waals surface area contributed by atoms with Crippen molar-refractivity contribution in [3.63, 3.8) is 0 Å². The first kappa shape index (κ1) is 82.4. The molecule has 3 aliphatic carbocycles. The zero-order valence-corrected chi connectivity index (χ0v) is 63.7. The number of rotatable bonds is 23. The summed E-state index contributed by atoms with van der Waals surface area (Å²) < 4.78 is 195. The van der Waals surface area contributed by atoms with Gasteiger partial charge in [-0.25, -0.2) is 48.4 Å². The lowest BCUT2D eigenvalue weighted by molar-refractivity contribution is -0.138. The molecule has 1 atom stereocenters. The van der Waals surface area contributed by atoms with Gasteiger partial charge < -0.3 is 41.8 Å². The van der Waals surface area contributed by atoms with E-state index in [-0.39, 0.29) is 65.0 Å². The van der Waals surface area contributed by atoms with Gasteiger partial charge in [0.2, 0.25) is 17.8 Å². The van der Waals surface area contributed by atoms with Crippen molar-refractivity contribution in [2.45, 2.75) is 173 Å². The molecule has 0 spiro atoms. The van der Waals surface area contributed by atoms with Gasteiger partial charge in [-0.15, -0.1) is 5.10 Å². The average molecular weight is 1650 g/mol. The number of nitrogens with one attached hydrogen (secondary N) is 7. The quantitative estimate of drug-likeness (QED) is 0.0292. The Balaban J connectivity index is 0.000000136. The summed E-state index contributed by atoms with van der Waals surface area (Å²) in [4.78, 5) is 41.4. The van der Waals surface area contributed by atoms with Gasteiger partial charge in [-0.1, -0.05) is 5.21 Å². The maximum absolute atomic E-state index is 13.1. The van der Waals surface area contributed by atoms with Crippen LogP contribution in [0.2, 0.25) is 0 Å². The molecule has 0 radical (unpaired) electrons. The molecule has 16 rings (SSSR count). The van der Waals surface area contributed by atoms with E-state index in [9.17, 15) is 61.5 Å². The minimum atomic E-state index is -4.78. The van der Waals surface area contributed by atoms with E-state index in [0.29, 0.717) is 60.3 Å². The fourth-order valence-corrected chi connectivity index (χ4v) is 13.7. The van der Waals surface area contributed by atoms with Crippen LogP contribution < -0.4 is 37.2 Å². The van der Waals surface area contributed by atoms with Crippen molar-refractivity contribution in [1.29, 1.82) is 0 Å². The Kier molecular flexibility index (Phi) is 23.7. The molecule has 1 aliphatic heterocycles. The second-order valence-electron chi connectivity index (χ2n) is 27.7. The summed E-state index contributed by atoms with van der Waals surface area (Å²) in [5.74, 6) is 0.673. The molecule has 7 N–H and O–H groups in total. The number of alkyl halides is 14. The number of halogens is 14. The lowest BCUT2D eigenvalue weighted by Crippen LogP contribution is -2.44. The molecule has 0 amide bonds. The van der Waals surface area contributed by atoms with Gasteiger partial charge in [0.1, 0.15) is 69.0 Å². The van der Waals surface area contributed by atoms with Crippen molar-refractivity contribution in [3.8, 4) is 0 Å². The molecule has 117 heavy (non-hydrogen) atoms. The van der Waals surface area contributed by atoms with Crippen LogP contribution in [0.1, 0.15) is 157 Å². The molecule has 622 valence electrons. The third kappa shape index (κ3) is 18.4. The highest BCUT2D eigenvalue weighted by Crippen LogP contribution is 2.47. The first-order chi connectivity index (χ1) is 55.7. The number of nitrogens with zero attached hydrogens (tertiary/aromatic N) is 27. The van der Waals surface area contributed by atoms with Crippen LogP contribution in [0.3, 0.4) is 0 Å². The molecule has 1 unspecified atom stereocenters. The molecule has 0 bridgehead atoms. The predicted molar refractivity (Wildman–Crippen MR) is 393 cm³/mol. The summed E-state index contributed by atoms with van der Waals surface area (Å²) in [7, 11) is 3.22. The molecule has 0 aromatic carbocycles. The lowest BCUT2D eigenvalue weighted by atomic mass is 9.76. The van der Waals surface area contributed by atoms with Gasteiger partial charge in [-0.2, -0.15) is 108 Å². The Bertz CT molecular complexity index is 5310. The van der Waals surface area contributed by atoms with Gasteiger partial charge in [0.05, 0.1) is 108 Å². The lowest BCUT2D eigenvalue weighted by Gasteiger charge is -2.40. The molecule has 3 fully saturated rings.